The van der Waals surface area contributed by atoms with E-state index in [1.54, 1.807) is 49.4 Å². The second kappa shape index (κ2) is 4.67. The third-order valence-electron chi connectivity index (χ3n) is 3.95. The molecular formula is C17H12N2O4. The first kappa shape index (κ1) is 13.5. The lowest BCUT2D eigenvalue weighted by atomic mass is 10.1. The maximum absolute atomic E-state index is 12.5. The lowest BCUT2D eigenvalue weighted by molar-refractivity contribution is -0.122. The average molecular weight is 308 g/mol. The van der Waals surface area contributed by atoms with E-state index in [0.717, 1.165) is 4.90 Å². The number of hydrogen-bond acceptors (Lipinski definition) is 4. The highest BCUT2D eigenvalue weighted by molar-refractivity contribution is 6.34. The molecular weight excluding hydrogens is 296 g/mol. The Morgan fingerprint density at radius 2 is 1.65 bits per heavy atom. The summed E-state index contributed by atoms with van der Waals surface area (Å²) in [7, 11) is 0. The van der Waals surface area contributed by atoms with Crippen molar-refractivity contribution in [3.05, 3.63) is 53.6 Å². The topological polar surface area (TPSA) is 75.7 Å². The molecule has 2 heterocycles. The van der Waals surface area contributed by atoms with Crippen molar-refractivity contribution >= 4 is 29.1 Å². The molecule has 0 radical (unpaired) electrons. The van der Waals surface area contributed by atoms with Crippen molar-refractivity contribution in [3.8, 4) is 5.75 Å². The van der Waals surface area contributed by atoms with Crippen molar-refractivity contribution in [2.24, 2.45) is 0 Å². The van der Waals surface area contributed by atoms with Crippen LogP contribution in [-0.2, 0) is 4.79 Å². The van der Waals surface area contributed by atoms with E-state index in [1.807, 2.05) is 0 Å². The standard InChI is InChI=1S/C17H12N2O4/c1-9-15(20)18-13-8-10(6-7-14(13)23-9)19-16(21)11-4-2-3-5-12(11)17(19)22/h2-9H,1H3,(H,18,20)/t9-/m0/s1. The first-order chi connectivity index (χ1) is 11.1. The molecule has 3 amide bonds. The van der Waals surface area contributed by atoms with Gasteiger partial charge in [0.2, 0.25) is 0 Å². The van der Waals surface area contributed by atoms with Gasteiger partial charge in [0.05, 0.1) is 22.5 Å². The Morgan fingerprint density at radius 1 is 1.00 bits per heavy atom. The van der Waals surface area contributed by atoms with Gasteiger partial charge in [0.25, 0.3) is 17.7 Å². The lowest BCUT2D eigenvalue weighted by Crippen LogP contribution is -2.35. The van der Waals surface area contributed by atoms with Gasteiger partial charge in [-0.15, -0.1) is 0 Å². The summed E-state index contributed by atoms with van der Waals surface area (Å²) in [6.07, 6.45) is -0.576. The van der Waals surface area contributed by atoms with Crippen molar-refractivity contribution in [1.29, 1.82) is 0 Å². The van der Waals surface area contributed by atoms with Gasteiger partial charge in [-0.2, -0.15) is 0 Å². The van der Waals surface area contributed by atoms with E-state index in [2.05, 4.69) is 5.32 Å². The second-order valence-electron chi connectivity index (χ2n) is 5.42. The molecule has 2 aromatic carbocycles. The molecule has 1 atom stereocenters. The average Bonchev–Trinajstić information content (AvgIpc) is 2.80. The van der Waals surface area contributed by atoms with Crippen LogP contribution in [0, 0.1) is 0 Å². The molecule has 0 aliphatic carbocycles. The Kier molecular flexibility index (Phi) is 2.74. The SMILES string of the molecule is C[C@@H]1Oc2ccc(N3C(=O)c4ccccc4C3=O)cc2NC1=O. The molecule has 0 fully saturated rings. The molecule has 4 rings (SSSR count). The van der Waals surface area contributed by atoms with Gasteiger partial charge in [0.1, 0.15) is 5.75 Å². The molecule has 23 heavy (non-hydrogen) atoms. The van der Waals surface area contributed by atoms with Gasteiger partial charge in [0.15, 0.2) is 6.10 Å². The van der Waals surface area contributed by atoms with Crippen LogP contribution in [0.3, 0.4) is 0 Å². The van der Waals surface area contributed by atoms with Crippen molar-refractivity contribution < 1.29 is 19.1 Å². The minimum atomic E-state index is -0.576. The quantitative estimate of drug-likeness (QED) is 0.820. The third-order valence-corrected chi connectivity index (χ3v) is 3.95. The lowest BCUT2D eigenvalue weighted by Gasteiger charge is -2.24. The summed E-state index contributed by atoms with van der Waals surface area (Å²) in [5, 5.41) is 2.71. The summed E-state index contributed by atoms with van der Waals surface area (Å²) in [5.41, 5.74) is 1.60. The zero-order valence-electron chi connectivity index (χ0n) is 12.2. The Morgan fingerprint density at radius 3 is 2.30 bits per heavy atom. The fourth-order valence-electron chi connectivity index (χ4n) is 2.76. The van der Waals surface area contributed by atoms with Gasteiger partial charge in [-0.25, -0.2) is 4.90 Å². The normalized spacial score (nSPS) is 19.1. The van der Waals surface area contributed by atoms with E-state index >= 15 is 0 Å². The fourth-order valence-corrected chi connectivity index (χ4v) is 2.76. The van der Waals surface area contributed by atoms with Crippen LogP contribution in [0.2, 0.25) is 0 Å². The van der Waals surface area contributed by atoms with E-state index in [9.17, 15) is 14.4 Å². The second-order valence-corrected chi connectivity index (χ2v) is 5.42. The molecule has 0 bridgehead atoms. The van der Waals surface area contributed by atoms with Crippen LogP contribution in [0.15, 0.2) is 42.5 Å². The molecule has 0 aromatic heterocycles. The van der Waals surface area contributed by atoms with Crippen molar-refractivity contribution in [2.75, 3.05) is 10.2 Å². The summed E-state index contributed by atoms with van der Waals surface area (Å²) < 4.78 is 5.48. The predicted molar refractivity (Wildman–Crippen MR) is 82.7 cm³/mol. The Bertz CT molecular complexity index is 840. The zero-order valence-corrected chi connectivity index (χ0v) is 12.2. The van der Waals surface area contributed by atoms with Crippen LogP contribution in [0.5, 0.6) is 5.75 Å². The molecule has 0 saturated carbocycles. The van der Waals surface area contributed by atoms with Crippen LogP contribution >= 0.6 is 0 Å². The van der Waals surface area contributed by atoms with Crippen molar-refractivity contribution in [2.45, 2.75) is 13.0 Å². The predicted octanol–water partition coefficient (Wildman–Crippen LogP) is 2.21. The summed E-state index contributed by atoms with van der Waals surface area (Å²) in [5.74, 6) is -0.501. The van der Waals surface area contributed by atoms with Gasteiger partial charge in [-0.3, -0.25) is 14.4 Å². The van der Waals surface area contributed by atoms with Gasteiger partial charge < -0.3 is 10.1 Å². The van der Waals surface area contributed by atoms with E-state index < -0.39 is 6.10 Å². The molecule has 6 nitrogen and oxygen atoms in total. The molecule has 1 N–H and O–H groups in total. The van der Waals surface area contributed by atoms with Crippen LogP contribution < -0.4 is 15.0 Å². The number of carbonyl (C=O) groups is 3. The highest BCUT2D eigenvalue weighted by Gasteiger charge is 2.37. The monoisotopic (exact) mass is 308 g/mol. The first-order valence-corrected chi connectivity index (χ1v) is 7.15. The van der Waals surface area contributed by atoms with Crippen LogP contribution in [0.25, 0.3) is 0 Å². The Hall–Kier alpha value is -3.15. The van der Waals surface area contributed by atoms with Gasteiger partial charge >= 0.3 is 0 Å². The summed E-state index contributed by atoms with van der Waals surface area (Å²) in [6, 6.07) is 11.5. The number of benzene rings is 2. The highest BCUT2D eigenvalue weighted by atomic mass is 16.5. The molecule has 6 heteroatoms. The number of imide groups is 1. The first-order valence-electron chi connectivity index (χ1n) is 7.15. The molecule has 0 saturated heterocycles. The maximum atomic E-state index is 12.5. The number of ether oxygens (including phenoxy) is 1. The number of fused-ring (bicyclic) bond motifs is 2. The number of amides is 3. The number of hydrogen-bond donors (Lipinski definition) is 1. The molecule has 0 unspecified atom stereocenters. The van der Waals surface area contributed by atoms with Crippen LogP contribution in [0.4, 0.5) is 11.4 Å². The maximum Gasteiger partial charge on any atom is 0.266 e. The number of rotatable bonds is 1. The minimum Gasteiger partial charge on any atom is -0.479 e. The van der Waals surface area contributed by atoms with E-state index in [1.165, 1.54) is 0 Å². The van der Waals surface area contributed by atoms with Crippen LogP contribution in [-0.4, -0.2) is 23.8 Å². The molecule has 0 spiro atoms. The molecule has 114 valence electrons. The summed E-state index contributed by atoms with van der Waals surface area (Å²) >= 11 is 0. The number of nitrogens with one attached hydrogen (secondary N) is 1. The number of anilines is 2. The van der Waals surface area contributed by atoms with Crippen molar-refractivity contribution in [3.63, 3.8) is 0 Å². The highest BCUT2D eigenvalue weighted by Crippen LogP contribution is 2.36. The van der Waals surface area contributed by atoms with Crippen LogP contribution in [0.1, 0.15) is 27.6 Å². The van der Waals surface area contributed by atoms with E-state index in [-0.39, 0.29) is 17.7 Å². The van der Waals surface area contributed by atoms with Crippen molar-refractivity contribution in [1.82, 2.24) is 0 Å². The van der Waals surface area contributed by atoms with E-state index in [4.69, 9.17) is 4.74 Å². The largest absolute Gasteiger partial charge is 0.479 e. The fraction of sp³-hybridized carbons (Fsp3) is 0.118. The van der Waals surface area contributed by atoms with Gasteiger partial charge in [0, 0.05) is 0 Å². The summed E-state index contributed by atoms with van der Waals surface area (Å²) in [6.45, 7) is 1.65. The Balaban J connectivity index is 1.76. The molecule has 2 aliphatic rings. The zero-order chi connectivity index (χ0) is 16.1. The Labute approximate surface area is 131 Å². The third kappa shape index (κ3) is 1.92. The van der Waals surface area contributed by atoms with E-state index in [0.29, 0.717) is 28.3 Å². The van der Waals surface area contributed by atoms with Gasteiger partial charge in [-0.05, 0) is 37.3 Å². The number of carbonyl (C=O) groups excluding carboxylic acids is 3. The molecule has 2 aromatic rings. The smallest absolute Gasteiger partial charge is 0.266 e. The minimum absolute atomic E-state index is 0.267. The molecule has 2 aliphatic heterocycles. The van der Waals surface area contributed by atoms with Gasteiger partial charge in [-0.1, -0.05) is 12.1 Å². The summed E-state index contributed by atoms with van der Waals surface area (Å²) in [4.78, 5) is 37.8. The number of nitrogens with zero attached hydrogens (tertiary/aromatic N) is 1.